The number of carbonyl (C=O) groups excluding carboxylic acids is 3. The number of hydrogen-bond donors (Lipinski definition) is 2. The highest BCUT2D eigenvalue weighted by atomic mass is 32.2. The first-order valence-corrected chi connectivity index (χ1v) is 14.0. The summed E-state index contributed by atoms with van der Waals surface area (Å²) in [6.07, 6.45) is 6.21. The van der Waals surface area contributed by atoms with Crippen molar-refractivity contribution in [3.8, 4) is 11.6 Å². The van der Waals surface area contributed by atoms with Crippen LogP contribution in [-0.4, -0.2) is 57.1 Å². The SMILES string of the molecule is C=CC(=O)N1CCCC(NC(=O)[C@@H]2Sc3nccc4c3C2NC(=O)N4c2ccc(Oc3ccccn3)cc2C)C1. The summed E-state index contributed by atoms with van der Waals surface area (Å²) >= 11 is 1.35. The molecular weight excluding hydrogens is 528 g/mol. The summed E-state index contributed by atoms with van der Waals surface area (Å²) < 4.78 is 5.86. The number of anilines is 2. The minimum Gasteiger partial charge on any atom is -0.439 e. The van der Waals surface area contributed by atoms with E-state index in [1.165, 1.54) is 17.8 Å². The van der Waals surface area contributed by atoms with E-state index in [0.717, 1.165) is 24.0 Å². The molecular formula is C29H28N6O4S. The quantitative estimate of drug-likeness (QED) is 0.436. The second kappa shape index (κ2) is 10.6. The van der Waals surface area contributed by atoms with Crippen molar-refractivity contribution in [2.75, 3.05) is 18.0 Å². The maximum atomic E-state index is 13.5. The number of amides is 4. The normalized spacial score (nSPS) is 21.3. The Morgan fingerprint density at radius 3 is 2.83 bits per heavy atom. The highest BCUT2D eigenvalue weighted by molar-refractivity contribution is 8.01. The smallest absolute Gasteiger partial charge is 0.327 e. The van der Waals surface area contributed by atoms with Gasteiger partial charge < -0.3 is 20.3 Å². The Hall–Kier alpha value is -4.38. The Kier molecular flexibility index (Phi) is 6.89. The molecule has 6 rings (SSSR count). The van der Waals surface area contributed by atoms with Crippen LogP contribution in [0.15, 0.2) is 72.5 Å². The fourth-order valence-corrected chi connectivity index (χ4v) is 6.68. The number of piperidine rings is 1. The predicted molar refractivity (Wildman–Crippen MR) is 151 cm³/mol. The first-order chi connectivity index (χ1) is 19.4. The molecule has 0 aliphatic carbocycles. The zero-order valence-corrected chi connectivity index (χ0v) is 22.7. The summed E-state index contributed by atoms with van der Waals surface area (Å²) in [5.74, 6) is 0.771. The van der Waals surface area contributed by atoms with Gasteiger partial charge in [-0.05, 0) is 61.7 Å². The number of ether oxygens (including phenoxy) is 1. The van der Waals surface area contributed by atoms with Crippen LogP contribution in [0.2, 0.25) is 0 Å². The van der Waals surface area contributed by atoms with E-state index in [9.17, 15) is 14.4 Å². The van der Waals surface area contributed by atoms with Gasteiger partial charge in [-0.1, -0.05) is 24.4 Å². The van der Waals surface area contributed by atoms with Crippen molar-refractivity contribution in [2.24, 2.45) is 0 Å². The third-order valence-corrected chi connectivity index (χ3v) is 8.58. The van der Waals surface area contributed by atoms with E-state index in [1.54, 1.807) is 34.3 Å². The van der Waals surface area contributed by atoms with Crippen molar-refractivity contribution < 1.29 is 19.1 Å². The first-order valence-electron chi connectivity index (χ1n) is 13.1. The van der Waals surface area contributed by atoms with Gasteiger partial charge in [-0.2, -0.15) is 0 Å². The van der Waals surface area contributed by atoms with Gasteiger partial charge >= 0.3 is 6.03 Å². The Morgan fingerprint density at radius 2 is 2.05 bits per heavy atom. The third kappa shape index (κ3) is 4.77. The number of benzene rings is 1. The van der Waals surface area contributed by atoms with Crippen LogP contribution in [0.25, 0.3) is 0 Å². The third-order valence-electron chi connectivity index (χ3n) is 7.29. The van der Waals surface area contributed by atoms with Gasteiger partial charge in [0.15, 0.2) is 0 Å². The average Bonchev–Trinajstić information content (AvgIpc) is 3.33. The lowest BCUT2D eigenvalue weighted by Crippen LogP contribution is -2.53. The topological polar surface area (TPSA) is 117 Å². The van der Waals surface area contributed by atoms with E-state index in [4.69, 9.17) is 4.74 Å². The van der Waals surface area contributed by atoms with Gasteiger partial charge in [-0.15, -0.1) is 0 Å². The van der Waals surface area contributed by atoms with Crippen LogP contribution in [0, 0.1) is 6.92 Å². The Bertz CT molecular complexity index is 1500. The van der Waals surface area contributed by atoms with Crippen LogP contribution >= 0.6 is 11.8 Å². The largest absolute Gasteiger partial charge is 0.439 e. The van der Waals surface area contributed by atoms with Crippen molar-refractivity contribution in [1.29, 1.82) is 0 Å². The monoisotopic (exact) mass is 556 g/mol. The molecule has 3 atom stereocenters. The molecule has 204 valence electrons. The zero-order chi connectivity index (χ0) is 27.8. The molecule has 2 unspecified atom stereocenters. The minimum absolute atomic E-state index is 0.137. The number of aryl methyl sites for hydroxylation is 1. The first kappa shape index (κ1) is 25.9. The van der Waals surface area contributed by atoms with E-state index in [2.05, 4.69) is 27.2 Å². The maximum absolute atomic E-state index is 13.5. The highest BCUT2D eigenvalue weighted by Crippen LogP contribution is 2.51. The second-order valence-electron chi connectivity index (χ2n) is 9.90. The fraction of sp³-hybridized carbons (Fsp3) is 0.276. The summed E-state index contributed by atoms with van der Waals surface area (Å²) in [5, 5.41) is 6.30. The van der Waals surface area contributed by atoms with Crippen LogP contribution < -0.4 is 20.3 Å². The lowest BCUT2D eigenvalue weighted by Gasteiger charge is -2.36. The molecule has 1 aromatic carbocycles. The van der Waals surface area contributed by atoms with Crippen LogP contribution in [-0.2, 0) is 9.59 Å². The van der Waals surface area contributed by atoms with Crippen LogP contribution in [0.3, 0.4) is 0 Å². The average molecular weight is 557 g/mol. The molecule has 5 heterocycles. The summed E-state index contributed by atoms with van der Waals surface area (Å²) in [4.78, 5) is 51.1. The number of rotatable bonds is 6. The highest BCUT2D eigenvalue weighted by Gasteiger charge is 2.47. The predicted octanol–water partition coefficient (Wildman–Crippen LogP) is 4.25. The fourth-order valence-electron chi connectivity index (χ4n) is 5.44. The molecule has 3 aliphatic heterocycles. The molecule has 2 N–H and O–H groups in total. The number of thioether (sulfide) groups is 1. The number of carbonyl (C=O) groups is 3. The summed E-state index contributed by atoms with van der Waals surface area (Å²) in [5.41, 5.74) is 3.06. The van der Waals surface area contributed by atoms with Gasteiger partial charge in [0.05, 0.1) is 17.4 Å². The molecule has 0 spiro atoms. The number of aromatic nitrogens is 2. The molecule has 0 bridgehead atoms. The number of pyridine rings is 2. The van der Waals surface area contributed by atoms with Crippen LogP contribution in [0.1, 0.15) is 30.0 Å². The number of nitrogens with zero attached hydrogens (tertiary/aromatic N) is 4. The lowest BCUT2D eigenvalue weighted by atomic mass is 9.98. The Morgan fingerprint density at radius 1 is 1.18 bits per heavy atom. The number of hydrogen-bond acceptors (Lipinski definition) is 7. The van der Waals surface area contributed by atoms with Crippen molar-refractivity contribution >= 4 is 41.0 Å². The number of likely N-dealkylation sites (tertiary alicyclic amines) is 1. The summed E-state index contributed by atoms with van der Waals surface area (Å²) in [6, 6.07) is 11.7. The molecule has 11 heteroatoms. The maximum Gasteiger partial charge on any atom is 0.327 e. The van der Waals surface area contributed by atoms with Crippen molar-refractivity contribution in [2.45, 2.75) is 42.1 Å². The molecule has 2 aromatic heterocycles. The van der Waals surface area contributed by atoms with Gasteiger partial charge in [-0.3, -0.25) is 14.5 Å². The molecule has 3 aliphatic rings. The molecule has 1 saturated heterocycles. The van der Waals surface area contributed by atoms with Gasteiger partial charge in [0, 0.05) is 43.2 Å². The molecule has 10 nitrogen and oxygen atoms in total. The Balaban J connectivity index is 1.23. The van der Waals surface area contributed by atoms with E-state index in [1.807, 2.05) is 37.3 Å². The van der Waals surface area contributed by atoms with Gasteiger partial charge in [0.25, 0.3) is 0 Å². The van der Waals surface area contributed by atoms with Crippen molar-refractivity contribution in [3.63, 3.8) is 0 Å². The summed E-state index contributed by atoms with van der Waals surface area (Å²) in [6.45, 7) is 6.57. The van der Waals surface area contributed by atoms with E-state index < -0.39 is 11.3 Å². The Labute approximate surface area is 235 Å². The van der Waals surface area contributed by atoms with E-state index >= 15 is 0 Å². The van der Waals surface area contributed by atoms with Crippen LogP contribution in [0.5, 0.6) is 11.6 Å². The van der Waals surface area contributed by atoms with Gasteiger partial charge in [0.1, 0.15) is 16.0 Å². The molecule has 0 saturated carbocycles. The molecule has 0 radical (unpaired) electrons. The molecule has 40 heavy (non-hydrogen) atoms. The lowest BCUT2D eigenvalue weighted by molar-refractivity contribution is -0.129. The zero-order valence-electron chi connectivity index (χ0n) is 21.9. The standard InChI is InChI=1S/C29H28N6O4S/c1-3-23(36)34-14-6-7-18(16-34)32-27(37)26-25-24-21(11-13-31-28(24)40-26)35(29(38)33-25)20-10-9-19(15-17(20)2)39-22-8-4-5-12-30-22/h3-5,8-13,15,18,25-26H,1,6-7,14,16H2,2H3,(H,32,37)(H,33,38)/t18?,25?,26-/m1/s1. The van der Waals surface area contributed by atoms with Gasteiger partial charge in [-0.25, -0.2) is 14.8 Å². The summed E-state index contributed by atoms with van der Waals surface area (Å²) in [7, 11) is 0. The van der Waals surface area contributed by atoms with Crippen molar-refractivity contribution in [1.82, 2.24) is 25.5 Å². The number of urea groups is 1. The molecule has 4 amide bonds. The molecule has 1 fully saturated rings. The van der Waals surface area contributed by atoms with Crippen molar-refractivity contribution in [3.05, 3.63) is 78.6 Å². The van der Waals surface area contributed by atoms with E-state index in [-0.39, 0.29) is 23.9 Å². The van der Waals surface area contributed by atoms with Gasteiger partial charge in [0.2, 0.25) is 17.7 Å². The number of nitrogens with one attached hydrogen (secondary N) is 2. The second-order valence-corrected chi connectivity index (χ2v) is 11.0. The molecule has 3 aromatic rings. The van der Waals surface area contributed by atoms with E-state index in [0.29, 0.717) is 41.1 Å². The van der Waals surface area contributed by atoms with Crippen LogP contribution in [0.4, 0.5) is 16.2 Å². The minimum atomic E-state index is -0.574.